The standard InChI is InChI=1S/C20H31N5O3/c1-28-20(27)25-10-3-2-6-17(25)19(26)23-13-15-7-11-24(12-8-15)14-16-5-4-9-22-18(16)21/h4-5,9,15,17H,2-3,6-8,10-14H2,1H3,(H2,21,22)(H,23,26). The summed E-state index contributed by atoms with van der Waals surface area (Å²) in [5.74, 6) is 0.997. The number of anilines is 1. The highest BCUT2D eigenvalue weighted by molar-refractivity contribution is 5.85. The molecule has 154 valence electrons. The summed E-state index contributed by atoms with van der Waals surface area (Å²) in [5, 5.41) is 3.07. The number of aromatic nitrogens is 1. The molecule has 2 amide bonds. The Balaban J connectivity index is 1.43. The summed E-state index contributed by atoms with van der Waals surface area (Å²) in [6, 6.07) is 3.53. The van der Waals surface area contributed by atoms with Crippen LogP contribution in [0.3, 0.4) is 0 Å². The highest BCUT2D eigenvalue weighted by Crippen LogP contribution is 2.21. The molecule has 0 saturated carbocycles. The summed E-state index contributed by atoms with van der Waals surface area (Å²) in [6.07, 6.45) is 5.94. The summed E-state index contributed by atoms with van der Waals surface area (Å²) in [7, 11) is 1.36. The molecule has 0 bridgehead atoms. The fraction of sp³-hybridized carbons (Fsp3) is 0.650. The van der Waals surface area contributed by atoms with Gasteiger partial charge in [-0.3, -0.25) is 14.6 Å². The number of nitrogens with two attached hydrogens (primary N) is 1. The Hall–Kier alpha value is -2.35. The lowest BCUT2D eigenvalue weighted by atomic mass is 9.95. The van der Waals surface area contributed by atoms with Crippen molar-refractivity contribution >= 4 is 17.8 Å². The predicted octanol–water partition coefficient (Wildman–Crippen LogP) is 1.61. The van der Waals surface area contributed by atoms with Crippen LogP contribution in [0.25, 0.3) is 0 Å². The van der Waals surface area contributed by atoms with Crippen LogP contribution >= 0.6 is 0 Å². The monoisotopic (exact) mass is 389 g/mol. The van der Waals surface area contributed by atoms with Crippen LogP contribution in [0.15, 0.2) is 18.3 Å². The number of piperidine rings is 2. The molecule has 0 spiro atoms. The molecule has 2 saturated heterocycles. The normalized spacial score (nSPS) is 21.3. The number of pyridine rings is 1. The fourth-order valence-corrected chi connectivity index (χ4v) is 4.08. The van der Waals surface area contributed by atoms with Crippen molar-refractivity contribution in [2.75, 3.05) is 39.0 Å². The first-order chi connectivity index (χ1) is 13.6. The molecule has 2 aliphatic rings. The second-order valence-corrected chi connectivity index (χ2v) is 7.69. The highest BCUT2D eigenvalue weighted by Gasteiger charge is 2.33. The van der Waals surface area contributed by atoms with Gasteiger partial charge in [-0.2, -0.15) is 0 Å². The average Bonchev–Trinajstić information content (AvgIpc) is 2.74. The molecular weight excluding hydrogens is 358 g/mol. The van der Waals surface area contributed by atoms with Gasteiger partial charge in [0, 0.05) is 31.4 Å². The number of rotatable bonds is 5. The topological polar surface area (TPSA) is 101 Å². The molecule has 1 aromatic rings. The lowest BCUT2D eigenvalue weighted by Gasteiger charge is -2.35. The van der Waals surface area contributed by atoms with E-state index in [4.69, 9.17) is 10.5 Å². The molecule has 3 N–H and O–H groups in total. The van der Waals surface area contributed by atoms with Crippen LogP contribution in [-0.4, -0.2) is 66.1 Å². The van der Waals surface area contributed by atoms with E-state index in [-0.39, 0.29) is 5.91 Å². The highest BCUT2D eigenvalue weighted by atomic mass is 16.5. The van der Waals surface area contributed by atoms with E-state index in [0.717, 1.165) is 50.9 Å². The number of ether oxygens (including phenoxy) is 1. The van der Waals surface area contributed by atoms with Gasteiger partial charge in [-0.25, -0.2) is 9.78 Å². The third-order valence-electron chi connectivity index (χ3n) is 5.81. The minimum Gasteiger partial charge on any atom is -0.453 e. The zero-order valence-corrected chi connectivity index (χ0v) is 16.6. The minimum atomic E-state index is -0.414. The minimum absolute atomic E-state index is 0.0596. The molecule has 3 rings (SSSR count). The number of hydrogen-bond donors (Lipinski definition) is 2. The zero-order valence-electron chi connectivity index (χ0n) is 16.6. The largest absolute Gasteiger partial charge is 0.453 e. The number of nitrogen functional groups attached to an aromatic ring is 1. The Morgan fingerprint density at radius 1 is 1.25 bits per heavy atom. The van der Waals surface area contributed by atoms with Crippen molar-refractivity contribution in [2.24, 2.45) is 5.92 Å². The second kappa shape index (κ2) is 9.73. The van der Waals surface area contributed by atoms with Crippen LogP contribution in [0, 0.1) is 5.92 Å². The van der Waals surface area contributed by atoms with Gasteiger partial charge in [-0.1, -0.05) is 6.07 Å². The van der Waals surface area contributed by atoms with Gasteiger partial charge >= 0.3 is 6.09 Å². The van der Waals surface area contributed by atoms with Crippen LogP contribution in [0.1, 0.15) is 37.7 Å². The molecule has 28 heavy (non-hydrogen) atoms. The molecule has 1 unspecified atom stereocenters. The zero-order chi connectivity index (χ0) is 19.9. The molecule has 1 aromatic heterocycles. The summed E-state index contributed by atoms with van der Waals surface area (Å²) >= 11 is 0. The van der Waals surface area contributed by atoms with Gasteiger partial charge in [0.1, 0.15) is 11.9 Å². The average molecular weight is 390 g/mol. The molecule has 8 heteroatoms. The van der Waals surface area contributed by atoms with E-state index >= 15 is 0 Å². The van der Waals surface area contributed by atoms with Gasteiger partial charge in [0.2, 0.25) is 5.91 Å². The third-order valence-corrected chi connectivity index (χ3v) is 5.81. The van der Waals surface area contributed by atoms with E-state index in [1.807, 2.05) is 12.1 Å². The summed E-state index contributed by atoms with van der Waals surface area (Å²) < 4.78 is 4.82. The van der Waals surface area contributed by atoms with Gasteiger partial charge in [0.25, 0.3) is 0 Å². The number of amides is 2. The van der Waals surface area contributed by atoms with Crippen LogP contribution in [-0.2, 0) is 16.1 Å². The molecule has 0 aliphatic carbocycles. The first-order valence-corrected chi connectivity index (χ1v) is 10.1. The first kappa shape index (κ1) is 20.4. The molecule has 0 radical (unpaired) electrons. The maximum atomic E-state index is 12.6. The molecule has 2 aliphatic heterocycles. The summed E-state index contributed by atoms with van der Waals surface area (Å²) in [6.45, 7) is 4.02. The fourth-order valence-electron chi connectivity index (χ4n) is 4.08. The number of likely N-dealkylation sites (tertiary alicyclic amines) is 2. The molecule has 2 fully saturated rings. The number of carbonyl (C=O) groups excluding carboxylic acids is 2. The number of nitrogens with zero attached hydrogens (tertiary/aromatic N) is 3. The van der Waals surface area contributed by atoms with Crippen molar-refractivity contribution < 1.29 is 14.3 Å². The predicted molar refractivity (Wildman–Crippen MR) is 106 cm³/mol. The lowest BCUT2D eigenvalue weighted by molar-refractivity contribution is -0.127. The van der Waals surface area contributed by atoms with E-state index in [1.165, 1.54) is 7.11 Å². The Morgan fingerprint density at radius 2 is 2.04 bits per heavy atom. The van der Waals surface area contributed by atoms with Gasteiger partial charge in [0.15, 0.2) is 0 Å². The van der Waals surface area contributed by atoms with Crippen molar-refractivity contribution in [3.63, 3.8) is 0 Å². The first-order valence-electron chi connectivity index (χ1n) is 10.1. The van der Waals surface area contributed by atoms with Gasteiger partial charge in [0.05, 0.1) is 7.11 Å². The van der Waals surface area contributed by atoms with E-state index in [9.17, 15) is 9.59 Å². The van der Waals surface area contributed by atoms with E-state index < -0.39 is 12.1 Å². The van der Waals surface area contributed by atoms with Crippen LogP contribution in [0.5, 0.6) is 0 Å². The maximum absolute atomic E-state index is 12.6. The van der Waals surface area contributed by atoms with Gasteiger partial charge < -0.3 is 15.8 Å². The van der Waals surface area contributed by atoms with Crippen molar-refractivity contribution in [2.45, 2.75) is 44.7 Å². The number of carbonyl (C=O) groups is 2. The molecule has 1 atom stereocenters. The molecule has 3 heterocycles. The van der Waals surface area contributed by atoms with Gasteiger partial charge in [-0.15, -0.1) is 0 Å². The van der Waals surface area contributed by atoms with E-state index in [1.54, 1.807) is 11.1 Å². The Bertz CT molecular complexity index is 676. The third kappa shape index (κ3) is 5.13. The van der Waals surface area contributed by atoms with Crippen molar-refractivity contribution in [1.29, 1.82) is 0 Å². The SMILES string of the molecule is COC(=O)N1CCCCC1C(=O)NCC1CCN(Cc2cccnc2N)CC1. The van der Waals surface area contributed by atoms with E-state index in [2.05, 4.69) is 15.2 Å². The van der Waals surface area contributed by atoms with Gasteiger partial charge in [-0.05, 0) is 57.2 Å². The summed E-state index contributed by atoms with van der Waals surface area (Å²) in [5.41, 5.74) is 7.00. The maximum Gasteiger partial charge on any atom is 0.410 e. The quantitative estimate of drug-likeness (QED) is 0.794. The smallest absolute Gasteiger partial charge is 0.410 e. The van der Waals surface area contributed by atoms with Crippen molar-refractivity contribution in [1.82, 2.24) is 20.1 Å². The summed E-state index contributed by atoms with van der Waals surface area (Å²) in [4.78, 5) is 32.6. The van der Waals surface area contributed by atoms with Crippen LogP contribution in [0.2, 0.25) is 0 Å². The van der Waals surface area contributed by atoms with E-state index in [0.29, 0.717) is 31.2 Å². The number of methoxy groups -OCH3 is 1. The number of hydrogen-bond acceptors (Lipinski definition) is 6. The molecule has 0 aromatic carbocycles. The Labute approximate surface area is 166 Å². The molecule has 8 nitrogen and oxygen atoms in total. The second-order valence-electron chi connectivity index (χ2n) is 7.69. The molecular formula is C20H31N5O3. The van der Waals surface area contributed by atoms with Crippen molar-refractivity contribution in [3.05, 3.63) is 23.9 Å². The number of nitrogens with one attached hydrogen (secondary N) is 1. The lowest BCUT2D eigenvalue weighted by Crippen LogP contribution is -2.52. The Morgan fingerprint density at radius 3 is 2.75 bits per heavy atom. The van der Waals surface area contributed by atoms with Crippen LogP contribution < -0.4 is 11.1 Å². The van der Waals surface area contributed by atoms with Crippen molar-refractivity contribution in [3.8, 4) is 0 Å². The van der Waals surface area contributed by atoms with Crippen LogP contribution in [0.4, 0.5) is 10.6 Å². The Kier molecular flexibility index (Phi) is 7.08.